The van der Waals surface area contributed by atoms with Crippen molar-refractivity contribution in [3.05, 3.63) is 0 Å². The van der Waals surface area contributed by atoms with E-state index in [0.717, 1.165) is 13.0 Å². The van der Waals surface area contributed by atoms with Gasteiger partial charge in [0.2, 0.25) is 5.91 Å². The number of amides is 1. The second-order valence-electron chi connectivity index (χ2n) is 6.14. The highest BCUT2D eigenvalue weighted by molar-refractivity contribution is 5.82. The molecule has 5 heteroatoms. The molecular formula is C15H26N2O3. The molecule has 2 aliphatic heterocycles. The first-order chi connectivity index (χ1) is 9.49. The number of nitrogens with zero attached hydrogens (tertiary/aromatic N) is 2. The quantitative estimate of drug-likeness (QED) is 0.774. The van der Waals surface area contributed by atoms with E-state index in [1.165, 1.54) is 13.3 Å². The molecule has 1 amide bonds. The zero-order valence-electron chi connectivity index (χ0n) is 12.8. The number of hydrogen-bond donors (Lipinski definition) is 0. The molecule has 1 unspecified atom stereocenters. The number of Topliss-reactive ketones (excluding diaryl/α,β-unsaturated/α-hetero) is 1. The van der Waals surface area contributed by atoms with Crippen LogP contribution < -0.4 is 0 Å². The molecule has 0 aromatic rings. The molecule has 0 bridgehead atoms. The van der Waals surface area contributed by atoms with Crippen LogP contribution in [0.2, 0.25) is 0 Å². The lowest BCUT2D eigenvalue weighted by Gasteiger charge is -2.34. The maximum Gasteiger partial charge on any atom is 0.224 e. The minimum absolute atomic E-state index is 0.00664. The molecule has 2 heterocycles. The number of ketones is 1. The summed E-state index contributed by atoms with van der Waals surface area (Å²) in [7, 11) is 0. The van der Waals surface area contributed by atoms with Gasteiger partial charge in [-0.1, -0.05) is 0 Å². The van der Waals surface area contributed by atoms with Crippen molar-refractivity contribution in [2.45, 2.75) is 58.2 Å². The standard InChI is InChI=1S/C15H26N2O3/c1-11(2)17-6-4-5-13(17)9-15(19)16-7-8-20-14(10-16)12(3)18/h11,13-14H,4-10H2,1-3H3/t13-,14?/m0/s1. The Morgan fingerprint density at radius 2 is 2.05 bits per heavy atom. The lowest BCUT2D eigenvalue weighted by atomic mass is 10.1. The Balaban J connectivity index is 1.89. The van der Waals surface area contributed by atoms with Gasteiger partial charge < -0.3 is 9.64 Å². The van der Waals surface area contributed by atoms with E-state index in [4.69, 9.17) is 4.74 Å². The number of hydrogen-bond acceptors (Lipinski definition) is 4. The summed E-state index contributed by atoms with van der Waals surface area (Å²) in [5, 5.41) is 0. The number of carbonyl (C=O) groups excluding carboxylic acids is 2. The molecule has 0 N–H and O–H groups in total. The van der Waals surface area contributed by atoms with Gasteiger partial charge in [-0.2, -0.15) is 0 Å². The van der Waals surface area contributed by atoms with Crippen LogP contribution in [0.1, 0.15) is 40.0 Å². The molecule has 2 rings (SSSR count). The fourth-order valence-electron chi connectivity index (χ4n) is 3.21. The van der Waals surface area contributed by atoms with Crippen LogP contribution in [0.15, 0.2) is 0 Å². The normalized spacial score (nSPS) is 28.1. The number of rotatable bonds is 4. The van der Waals surface area contributed by atoms with E-state index in [1.54, 1.807) is 4.90 Å². The Hall–Kier alpha value is -0.940. The summed E-state index contributed by atoms with van der Waals surface area (Å²) in [6.07, 6.45) is 2.42. The highest BCUT2D eigenvalue weighted by atomic mass is 16.5. The van der Waals surface area contributed by atoms with Crippen molar-refractivity contribution < 1.29 is 14.3 Å². The van der Waals surface area contributed by atoms with Crippen molar-refractivity contribution in [1.29, 1.82) is 0 Å². The lowest BCUT2D eigenvalue weighted by molar-refractivity contribution is -0.145. The van der Waals surface area contributed by atoms with Crippen LogP contribution in [0, 0.1) is 0 Å². The van der Waals surface area contributed by atoms with Crippen LogP contribution in [0.5, 0.6) is 0 Å². The predicted molar refractivity (Wildman–Crippen MR) is 76.5 cm³/mol. The summed E-state index contributed by atoms with van der Waals surface area (Å²) in [6, 6.07) is 0.853. The first-order valence-corrected chi connectivity index (χ1v) is 7.64. The van der Waals surface area contributed by atoms with Crippen molar-refractivity contribution in [1.82, 2.24) is 9.80 Å². The van der Waals surface area contributed by atoms with Gasteiger partial charge in [-0.25, -0.2) is 0 Å². The first-order valence-electron chi connectivity index (χ1n) is 7.64. The number of ether oxygens (including phenoxy) is 1. The van der Waals surface area contributed by atoms with Crippen molar-refractivity contribution >= 4 is 11.7 Å². The zero-order chi connectivity index (χ0) is 14.7. The van der Waals surface area contributed by atoms with Gasteiger partial charge in [-0.3, -0.25) is 14.5 Å². The molecule has 20 heavy (non-hydrogen) atoms. The zero-order valence-corrected chi connectivity index (χ0v) is 12.8. The molecular weight excluding hydrogens is 256 g/mol. The van der Waals surface area contributed by atoms with Crippen molar-refractivity contribution in [3.63, 3.8) is 0 Å². The van der Waals surface area contributed by atoms with Gasteiger partial charge in [0.05, 0.1) is 13.2 Å². The summed E-state index contributed by atoms with van der Waals surface area (Å²) in [5.74, 6) is 0.171. The fraction of sp³-hybridized carbons (Fsp3) is 0.867. The molecule has 2 fully saturated rings. The van der Waals surface area contributed by atoms with E-state index in [2.05, 4.69) is 18.7 Å². The van der Waals surface area contributed by atoms with E-state index >= 15 is 0 Å². The SMILES string of the molecule is CC(=O)C1CN(C(=O)C[C@@H]2CCCN2C(C)C)CCO1. The summed E-state index contributed by atoms with van der Waals surface area (Å²) >= 11 is 0. The Morgan fingerprint density at radius 1 is 1.30 bits per heavy atom. The van der Waals surface area contributed by atoms with Crippen LogP contribution in [-0.4, -0.2) is 65.9 Å². The van der Waals surface area contributed by atoms with E-state index in [0.29, 0.717) is 38.2 Å². The van der Waals surface area contributed by atoms with Crippen molar-refractivity contribution in [2.24, 2.45) is 0 Å². The third-order valence-electron chi connectivity index (χ3n) is 4.37. The molecule has 0 radical (unpaired) electrons. The average Bonchev–Trinajstić information content (AvgIpc) is 2.87. The molecule has 0 saturated carbocycles. The topological polar surface area (TPSA) is 49.9 Å². The average molecular weight is 282 g/mol. The van der Waals surface area contributed by atoms with Gasteiger partial charge in [0.15, 0.2) is 5.78 Å². The molecule has 114 valence electrons. The van der Waals surface area contributed by atoms with E-state index in [-0.39, 0.29) is 11.7 Å². The molecule has 2 saturated heterocycles. The lowest BCUT2D eigenvalue weighted by Crippen LogP contribution is -2.49. The highest BCUT2D eigenvalue weighted by Crippen LogP contribution is 2.23. The van der Waals surface area contributed by atoms with Gasteiger partial charge in [0, 0.05) is 25.0 Å². The second-order valence-corrected chi connectivity index (χ2v) is 6.14. The summed E-state index contributed by atoms with van der Waals surface area (Å²) < 4.78 is 5.40. The van der Waals surface area contributed by atoms with Crippen molar-refractivity contribution in [3.8, 4) is 0 Å². The summed E-state index contributed by atoms with van der Waals surface area (Å²) in [5.41, 5.74) is 0. The van der Waals surface area contributed by atoms with Gasteiger partial charge in [0.25, 0.3) is 0 Å². The number of morpholine rings is 1. The van der Waals surface area contributed by atoms with E-state index in [9.17, 15) is 9.59 Å². The Labute approximate surface area is 121 Å². The predicted octanol–water partition coefficient (Wildman–Crippen LogP) is 1.07. The minimum atomic E-state index is -0.433. The summed E-state index contributed by atoms with van der Waals surface area (Å²) in [4.78, 5) is 28.0. The fourth-order valence-corrected chi connectivity index (χ4v) is 3.21. The van der Waals surface area contributed by atoms with Gasteiger partial charge in [-0.15, -0.1) is 0 Å². The molecule has 0 aliphatic carbocycles. The third-order valence-corrected chi connectivity index (χ3v) is 4.37. The maximum atomic E-state index is 12.4. The van der Waals surface area contributed by atoms with E-state index < -0.39 is 6.10 Å². The minimum Gasteiger partial charge on any atom is -0.367 e. The van der Waals surface area contributed by atoms with Crippen LogP contribution in [0.4, 0.5) is 0 Å². The van der Waals surface area contributed by atoms with Gasteiger partial charge in [-0.05, 0) is 40.2 Å². The number of likely N-dealkylation sites (tertiary alicyclic amines) is 1. The first kappa shape index (κ1) is 15.4. The Kier molecular flexibility index (Phi) is 5.16. The molecule has 2 aliphatic rings. The van der Waals surface area contributed by atoms with Crippen LogP contribution in [-0.2, 0) is 14.3 Å². The van der Waals surface area contributed by atoms with E-state index in [1.807, 2.05) is 0 Å². The Morgan fingerprint density at radius 3 is 2.70 bits per heavy atom. The molecule has 0 aromatic heterocycles. The Bertz CT molecular complexity index is 370. The van der Waals surface area contributed by atoms with Crippen molar-refractivity contribution in [2.75, 3.05) is 26.2 Å². The molecule has 5 nitrogen and oxygen atoms in total. The van der Waals surface area contributed by atoms with Gasteiger partial charge in [0.1, 0.15) is 6.10 Å². The number of carbonyl (C=O) groups is 2. The second kappa shape index (κ2) is 6.68. The third kappa shape index (κ3) is 3.58. The smallest absolute Gasteiger partial charge is 0.224 e. The van der Waals surface area contributed by atoms with Crippen LogP contribution in [0.3, 0.4) is 0 Å². The maximum absolute atomic E-state index is 12.4. The molecule has 0 aromatic carbocycles. The highest BCUT2D eigenvalue weighted by Gasteiger charge is 2.32. The molecule has 2 atom stereocenters. The van der Waals surface area contributed by atoms with Gasteiger partial charge >= 0.3 is 0 Å². The summed E-state index contributed by atoms with van der Waals surface area (Å²) in [6.45, 7) is 8.48. The largest absolute Gasteiger partial charge is 0.367 e. The van der Waals surface area contributed by atoms with Crippen LogP contribution >= 0.6 is 0 Å². The van der Waals surface area contributed by atoms with Crippen LogP contribution in [0.25, 0.3) is 0 Å². The monoisotopic (exact) mass is 282 g/mol. The molecule has 0 spiro atoms.